The molecule has 1 N–H and O–H groups in total. The van der Waals surface area contributed by atoms with Crippen LogP contribution in [0, 0.1) is 19.8 Å². The molecule has 1 fully saturated rings. The van der Waals surface area contributed by atoms with Crippen LogP contribution in [0.4, 0.5) is 5.82 Å². The summed E-state index contributed by atoms with van der Waals surface area (Å²) in [6, 6.07) is 4.62. The Morgan fingerprint density at radius 3 is 2.88 bits per heavy atom. The van der Waals surface area contributed by atoms with E-state index in [9.17, 15) is 0 Å². The molecule has 0 bridgehead atoms. The summed E-state index contributed by atoms with van der Waals surface area (Å²) in [6.45, 7) is 8.11. The lowest BCUT2D eigenvalue weighted by Gasteiger charge is -2.20. The Kier molecular flexibility index (Phi) is 3.44. The second-order valence-corrected chi connectivity index (χ2v) is 4.73. The SMILES string of the molecule is Cc1cc(C)nc(NC(C)C2CCOC2)c1. The molecule has 3 nitrogen and oxygen atoms in total. The van der Waals surface area contributed by atoms with Crippen LogP contribution in [0.3, 0.4) is 0 Å². The Morgan fingerprint density at radius 2 is 2.25 bits per heavy atom. The molecule has 0 saturated carbocycles. The second kappa shape index (κ2) is 4.83. The van der Waals surface area contributed by atoms with Gasteiger partial charge in [-0.1, -0.05) is 0 Å². The molecule has 2 unspecified atom stereocenters. The fourth-order valence-corrected chi connectivity index (χ4v) is 2.21. The maximum absolute atomic E-state index is 5.40. The van der Waals surface area contributed by atoms with Gasteiger partial charge in [0.1, 0.15) is 5.82 Å². The first-order valence-electron chi connectivity index (χ1n) is 5.95. The fraction of sp³-hybridized carbons (Fsp3) is 0.615. The smallest absolute Gasteiger partial charge is 0.126 e. The zero-order valence-electron chi connectivity index (χ0n) is 10.3. The van der Waals surface area contributed by atoms with Crippen molar-refractivity contribution in [2.45, 2.75) is 33.2 Å². The van der Waals surface area contributed by atoms with Gasteiger partial charge in [-0.3, -0.25) is 0 Å². The van der Waals surface area contributed by atoms with Crippen LogP contribution in [-0.4, -0.2) is 24.2 Å². The minimum Gasteiger partial charge on any atom is -0.381 e. The van der Waals surface area contributed by atoms with Crippen molar-refractivity contribution in [3.8, 4) is 0 Å². The molecule has 1 aromatic heterocycles. The molecule has 88 valence electrons. The van der Waals surface area contributed by atoms with Gasteiger partial charge in [-0.05, 0) is 44.9 Å². The van der Waals surface area contributed by atoms with E-state index in [1.807, 2.05) is 6.92 Å². The number of pyridine rings is 1. The van der Waals surface area contributed by atoms with Crippen molar-refractivity contribution < 1.29 is 4.74 Å². The minimum absolute atomic E-state index is 0.427. The summed E-state index contributed by atoms with van der Waals surface area (Å²) in [5, 5.41) is 3.47. The highest BCUT2D eigenvalue weighted by molar-refractivity contribution is 5.40. The molecule has 1 aliphatic heterocycles. The number of rotatable bonds is 3. The largest absolute Gasteiger partial charge is 0.381 e. The van der Waals surface area contributed by atoms with Gasteiger partial charge < -0.3 is 10.1 Å². The fourth-order valence-electron chi connectivity index (χ4n) is 2.21. The molecule has 1 aliphatic rings. The summed E-state index contributed by atoms with van der Waals surface area (Å²) in [5.74, 6) is 1.60. The molecule has 0 radical (unpaired) electrons. The van der Waals surface area contributed by atoms with Gasteiger partial charge in [-0.25, -0.2) is 4.98 Å². The van der Waals surface area contributed by atoms with Crippen molar-refractivity contribution in [3.05, 3.63) is 23.4 Å². The number of ether oxygens (including phenoxy) is 1. The summed E-state index contributed by atoms with van der Waals surface area (Å²) in [6.07, 6.45) is 1.15. The Hall–Kier alpha value is -1.09. The Labute approximate surface area is 97.2 Å². The van der Waals surface area contributed by atoms with Crippen LogP contribution in [0.25, 0.3) is 0 Å². The topological polar surface area (TPSA) is 34.2 Å². The zero-order chi connectivity index (χ0) is 11.5. The third-order valence-corrected chi connectivity index (χ3v) is 3.15. The highest BCUT2D eigenvalue weighted by Crippen LogP contribution is 2.20. The highest BCUT2D eigenvalue weighted by atomic mass is 16.5. The summed E-state index contributed by atoms with van der Waals surface area (Å²) < 4.78 is 5.40. The summed E-state index contributed by atoms with van der Waals surface area (Å²) in [5.41, 5.74) is 2.32. The number of nitrogens with zero attached hydrogens (tertiary/aromatic N) is 1. The van der Waals surface area contributed by atoms with Gasteiger partial charge in [-0.2, -0.15) is 0 Å². The summed E-state index contributed by atoms with van der Waals surface area (Å²) >= 11 is 0. The maximum Gasteiger partial charge on any atom is 0.126 e. The molecule has 0 amide bonds. The van der Waals surface area contributed by atoms with Crippen LogP contribution in [0.1, 0.15) is 24.6 Å². The van der Waals surface area contributed by atoms with Crippen molar-refractivity contribution in [3.63, 3.8) is 0 Å². The van der Waals surface area contributed by atoms with Crippen molar-refractivity contribution in [1.82, 2.24) is 4.98 Å². The molecule has 2 rings (SSSR count). The molecule has 0 aromatic carbocycles. The lowest BCUT2D eigenvalue weighted by atomic mass is 10.0. The lowest BCUT2D eigenvalue weighted by Crippen LogP contribution is -2.26. The number of aromatic nitrogens is 1. The molecular weight excluding hydrogens is 200 g/mol. The predicted molar refractivity (Wildman–Crippen MR) is 65.7 cm³/mol. The van der Waals surface area contributed by atoms with Crippen molar-refractivity contribution >= 4 is 5.82 Å². The average Bonchev–Trinajstić information content (AvgIpc) is 2.68. The zero-order valence-corrected chi connectivity index (χ0v) is 10.3. The standard InChI is InChI=1S/C13H20N2O/c1-9-6-10(2)14-13(7-9)15-11(3)12-4-5-16-8-12/h6-7,11-12H,4-5,8H2,1-3H3,(H,14,15). The highest BCUT2D eigenvalue weighted by Gasteiger charge is 2.22. The molecule has 3 heteroatoms. The normalized spacial score (nSPS) is 22.1. The summed E-state index contributed by atoms with van der Waals surface area (Å²) in [7, 11) is 0. The number of aryl methyl sites for hydroxylation is 2. The Bertz CT molecular complexity index is 339. The molecule has 0 spiro atoms. The third-order valence-electron chi connectivity index (χ3n) is 3.15. The quantitative estimate of drug-likeness (QED) is 0.850. The molecule has 16 heavy (non-hydrogen) atoms. The minimum atomic E-state index is 0.427. The number of hydrogen-bond acceptors (Lipinski definition) is 3. The van der Waals surface area contributed by atoms with Gasteiger partial charge in [0.2, 0.25) is 0 Å². The van der Waals surface area contributed by atoms with E-state index < -0.39 is 0 Å². The van der Waals surface area contributed by atoms with E-state index in [1.54, 1.807) is 0 Å². The first-order valence-corrected chi connectivity index (χ1v) is 5.95. The number of nitrogens with one attached hydrogen (secondary N) is 1. The second-order valence-electron chi connectivity index (χ2n) is 4.73. The van der Waals surface area contributed by atoms with E-state index >= 15 is 0 Å². The van der Waals surface area contributed by atoms with E-state index in [1.165, 1.54) is 5.56 Å². The van der Waals surface area contributed by atoms with Gasteiger partial charge in [0.05, 0.1) is 6.61 Å². The van der Waals surface area contributed by atoms with E-state index in [4.69, 9.17) is 4.74 Å². The predicted octanol–water partition coefficient (Wildman–Crippen LogP) is 2.54. The van der Waals surface area contributed by atoms with Gasteiger partial charge in [0.25, 0.3) is 0 Å². The van der Waals surface area contributed by atoms with Gasteiger partial charge >= 0.3 is 0 Å². The van der Waals surface area contributed by atoms with Crippen molar-refractivity contribution in [1.29, 1.82) is 0 Å². The maximum atomic E-state index is 5.40. The van der Waals surface area contributed by atoms with Crippen LogP contribution in [0.15, 0.2) is 12.1 Å². The lowest BCUT2D eigenvalue weighted by molar-refractivity contribution is 0.183. The Morgan fingerprint density at radius 1 is 1.44 bits per heavy atom. The van der Waals surface area contributed by atoms with Gasteiger partial charge in [0.15, 0.2) is 0 Å². The number of hydrogen-bond donors (Lipinski definition) is 1. The van der Waals surface area contributed by atoms with E-state index in [0.717, 1.165) is 31.1 Å². The first kappa shape index (κ1) is 11.4. The van der Waals surface area contributed by atoms with Crippen LogP contribution in [0.2, 0.25) is 0 Å². The Balaban J connectivity index is 2.02. The van der Waals surface area contributed by atoms with Crippen molar-refractivity contribution in [2.75, 3.05) is 18.5 Å². The third kappa shape index (κ3) is 2.73. The van der Waals surface area contributed by atoms with E-state index in [-0.39, 0.29) is 0 Å². The van der Waals surface area contributed by atoms with Crippen LogP contribution in [0.5, 0.6) is 0 Å². The van der Waals surface area contributed by atoms with Crippen molar-refractivity contribution in [2.24, 2.45) is 5.92 Å². The first-order chi connectivity index (χ1) is 7.65. The molecule has 0 aliphatic carbocycles. The molecular formula is C13H20N2O. The van der Waals surface area contributed by atoms with Crippen LogP contribution < -0.4 is 5.32 Å². The summed E-state index contributed by atoms with van der Waals surface area (Å²) in [4.78, 5) is 4.49. The average molecular weight is 220 g/mol. The number of anilines is 1. The molecule has 2 heterocycles. The molecule has 2 atom stereocenters. The van der Waals surface area contributed by atoms with Crippen LogP contribution in [-0.2, 0) is 4.74 Å². The van der Waals surface area contributed by atoms with Gasteiger partial charge in [-0.15, -0.1) is 0 Å². The van der Waals surface area contributed by atoms with E-state index in [2.05, 4.69) is 36.3 Å². The van der Waals surface area contributed by atoms with Gasteiger partial charge in [0, 0.05) is 24.3 Å². The van der Waals surface area contributed by atoms with Crippen LogP contribution >= 0.6 is 0 Å². The molecule has 1 aromatic rings. The monoisotopic (exact) mass is 220 g/mol. The molecule has 1 saturated heterocycles. The van der Waals surface area contributed by atoms with E-state index in [0.29, 0.717) is 12.0 Å².